The van der Waals surface area contributed by atoms with E-state index in [1.807, 2.05) is 30.3 Å². The highest BCUT2D eigenvalue weighted by Crippen LogP contribution is 2.28. The summed E-state index contributed by atoms with van der Waals surface area (Å²) < 4.78 is 5.71. The number of para-hydroxylation sites is 2. The maximum atomic E-state index is 12.2. The summed E-state index contributed by atoms with van der Waals surface area (Å²) in [6.45, 7) is 4.69. The summed E-state index contributed by atoms with van der Waals surface area (Å²) in [5.41, 5.74) is 2.33. The van der Waals surface area contributed by atoms with Crippen molar-refractivity contribution in [1.82, 2.24) is 5.32 Å². The molecule has 0 saturated heterocycles. The molecule has 3 rings (SSSR count). The Hall–Kier alpha value is -2.49. The summed E-state index contributed by atoms with van der Waals surface area (Å²) in [5.74, 6) is 0.813. The number of benzene rings is 2. The molecule has 1 amide bonds. The summed E-state index contributed by atoms with van der Waals surface area (Å²) in [7, 11) is 0. The normalized spacial score (nSPS) is 15.5. The number of ether oxygens (including phenoxy) is 1. The molecular weight excluding hydrogens is 300 g/mol. The molecule has 2 aromatic rings. The first-order chi connectivity index (χ1) is 11.8. The van der Waals surface area contributed by atoms with E-state index < -0.39 is 0 Å². The Morgan fingerprint density at radius 3 is 2.67 bits per heavy atom. The van der Waals surface area contributed by atoms with Gasteiger partial charge in [0.15, 0.2) is 6.10 Å². The van der Waals surface area contributed by atoms with Crippen molar-refractivity contribution >= 4 is 11.6 Å². The first-order valence-corrected chi connectivity index (χ1v) is 8.60. The van der Waals surface area contributed by atoms with Crippen molar-refractivity contribution in [1.29, 1.82) is 0 Å². The third-order valence-electron chi connectivity index (χ3n) is 4.35. The van der Waals surface area contributed by atoms with Crippen LogP contribution in [-0.4, -0.2) is 31.6 Å². The molecule has 126 valence electrons. The number of nitrogens with one attached hydrogen (secondary N) is 1. The van der Waals surface area contributed by atoms with Crippen LogP contribution in [0.15, 0.2) is 54.6 Å². The highest BCUT2D eigenvalue weighted by Gasteiger charge is 2.28. The van der Waals surface area contributed by atoms with E-state index in [9.17, 15) is 4.79 Å². The van der Waals surface area contributed by atoms with Crippen LogP contribution in [0.3, 0.4) is 0 Å². The molecule has 1 atom stereocenters. The molecule has 0 fully saturated rings. The number of carbonyl (C=O) groups excluding carboxylic acids is 1. The van der Waals surface area contributed by atoms with Crippen LogP contribution in [0, 0.1) is 0 Å². The minimum Gasteiger partial charge on any atom is -0.480 e. The molecule has 4 heteroatoms. The molecule has 0 radical (unpaired) electrons. The van der Waals surface area contributed by atoms with Crippen molar-refractivity contribution < 1.29 is 9.53 Å². The Bertz CT molecular complexity index is 647. The van der Waals surface area contributed by atoms with Gasteiger partial charge in [0.05, 0.1) is 0 Å². The van der Waals surface area contributed by atoms with E-state index >= 15 is 0 Å². The van der Waals surface area contributed by atoms with Crippen LogP contribution in [0.5, 0.6) is 5.75 Å². The van der Waals surface area contributed by atoms with Gasteiger partial charge in [-0.25, -0.2) is 0 Å². The fourth-order valence-electron chi connectivity index (χ4n) is 3.03. The summed E-state index contributed by atoms with van der Waals surface area (Å²) >= 11 is 0. The van der Waals surface area contributed by atoms with Gasteiger partial charge in [-0.15, -0.1) is 0 Å². The number of fused-ring (bicyclic) bond motifs is 1. The third kappa shape index (κ3) is 3.88. The van der Waals surface area contributed by atoms with Crippen molar-refractivity contribution in [2.24, 2.45) is 0 Å². The van der Waals surface area contributed by atoms with Crippen molar-refractivity contribution in [2.75, 3.05) is 24.5 Å². The van der Waals surface area contributed by atoms with Crippen LogP contribution >= 0.6 is 0 Å². The van der Waals surface area contributed by atoms with E-state index in [2.05, 4.69) is 41.4 Å². The SMILES string of the molecule is CCN(CCCNC(=O)[C@H]1Cc2ccccc2O1)c1ccccc1. The zero-order valence-corrected chi connectivity index (χ0v) is 14.1. The number of carbonyl (C=O) groups is 1. The van der Waals surface area contributed by atoms with Gasteiger partial charge < -0.3 is 15.0 Å². The predicted octanol–water partition coefficient (Wildman–Crippen LogP) is 3.02. The lowest BCUT2D eigenvalue weighted by molar-refractivity contribution is -0.127. The molecular formula is C20H24N2O2. The lowest BCUT2D eigenvalue weighted by atomic mass is 10.1. The van der Waals surface area contributed by atoms with E-state index in [4.69, 9.17) is 4.74 Å². The lowest BCUT2D eigenvalue weighted by Crippen LogP contribution is -2.38. The molecule has 0 spiro atoms. The Labute approximate surface area is 143 Å². The number of hydrogen-bond acceptors (Lipinski definition) is 3. The zero-order valence-electron chi connectivity index (χ0n) is 14.1. The van der Waals surface area contributed by atoms with Crippen molar-refractivity contribution in [3.05, 3.63) is 60.2 Å². The van der Waals surface area contributed by atoms with E-state index in [0.29, 0.717) is 13.0 Å². The fraction of sp³-hybridized carbons (Fsp3) is 0.350. The van der Waals surface area contributed by atoms with Crippen molar-refractivity contribution in [3.63, 3.8) is 0 Å². The van der Waals surface area contributed by atoms with Gasteiger partial charge in [0, 0.05) is 31.7 Å². The van der Waals surface area contributed by atoms with E-state index in [1.165, 1.54) is 5.69 Å². The van der Waals surface area contributed by atoms with Crippen LogP contribution in [-0.2, 0) is 11.2 Å². The summed E-state index contributed by atoms with van der Waals surface area (Å²) in [6.07, 6.45) is 1.18. The van der Waals surface area contributed by atoms with Crippen LogP contribution in [0.4, 0.5) is 5.69 Å². The summed E-state index contributed by atoms with van der Waals surface area (Å²) in [5, 5.41) is 3.00. The smallest absolute Gasteiger partial charge is 0.261 e. The topological polar surface area (TPSA) is 41.6 Å². The van der Waals surface area contributed by atoms with Crippen molar-refractivity contribution in [2.45, 2.75) is 25.9 Å². The van der Waals surface area contributed by atoms with Gasteiger partial charge in [-0.1, -0.05) is 36.4 Å². The Balaban J connectivity index is 1.41. The number of amides is 1. The lowest BCUT2D eigenvalue weighted by Gasteiger charge is -2.23. The minimum atomic E-state index is -0.390. The largest absolute Gasteiger partial charge is 0.480 e. The Morgan fingerprint density at radius 1 is 1.17 bits per heavy atom. The third-order valence-corrected chi connectivity index (χ3v) is 4.35. The van der Waals surface area contributed by atoms with Crippen molar-refractivity contribution in [3.8, 4) is 5.75 Å². The number of hydrogen-bond donors (Lipinski definition) is 1. The average molecular weight is 324 g/mol. The second-order valence-corrected chi connectivity index (χ2v) is 5.98. The maximum Gasteiger partial charge on any atom is 0.261 e. The van der Waals surface area contributed by atoms with E-state index in [0.717, 1.165) is 30.8 Å². The standard InChI is InChI=1S/C20H24N2O2/c1-2-22(17-10-4-3-5-11-17)14-8-13-21-20(23)19-15-16-9-6-7-12-18(16)24-19/h3-7,9-12,19H,2,8,13-15H2,1H3,(H,21,23)/t19-/m1/s1. The molecule has 0 unspecified atom stereocenters. The second kappa shape index (κ2) is 7.86. The first-order valence-electron chi connectivity index (χ1n) is 8.60. The number of anilines is 1. The average Bonchev–Trinajstić information content (AvgIpc) is 3.06. The molecule has 24 heavy (non-hydrogen) atoms. The van der Waals surface area contributed by atoms with Gasteiger partial charge in [-0.3, -0.25) is 4.79 Å². The highest BCUT2D eigenvalue weighted by molar-refractivity contribution is 5.82. The van der Waals surface area contributed by atoms with Crippen LogP contribution in [0.2, 0.25) is 0 Å². The molecule has 1 heterocycles. The highest BCUT2D eigenvalue weighted by atomic mass is 16.5. The predicted molar refractivity (Wildman–Crippen MR) is 96.5 cm³/mol. The first kappa shape index (κ1) is 16.4. The maximum absolute atomic E-state index is 12.2. The number of rotatable bonds is 7. The van der Waals surface area contributed by atoms with Gasteiger partial charge in [0.2, 0.25) is 0 Å². The number of nitrogens with zero attached hydrogens (tertiary/aromatic N) is 1. The zero-order chi connectivity index (χ0) is 16.8. The molecule has 0 aliphatic carbocycles. The van der Waals surface area contributed by atoms with Gasteiger partial charge in [-0.2, -0.15) is 0 Å². The van der Waals surface area contributed by atoms with Crippen LogP contribution in [0.1, 0.15) is 18.9 Å². The van der Waals surface area contributed by atoms with Crippen LogP contribution in [0.25, 0.3) is 0 Å². The second-order valence-electron chi connectivity index (χ2n) is 5.98. The van der Waals surface area contributed by atoms with E-state index in [-0.39, 0.29) is 12.0 Å². The monoisotopic (exact) mass is 324 g/mol. The minimum absolute atomic E-state index is 0.0195. The fourth-order valence-corrected chi connectivity index (χ4v) is 3.03. The molecule has 0 bridgehead atoms. The molecule has 1 N–H and O–H groups in total. The molecule has 1 aliphatic heterocycles. The molecule has 0 saturated carbocycles. The van der Waals surface area contributed by atoms with Gasteiger partial charge >= 0.3 is 0 Å². The van der Waals surface area contributed by atoms with Gasteiger partial charge in [0.25, 0.3) is 5.91 Å². The van der Waals surface area contributed by atoms with E-state index in [1.54, 1.807) is 0 Å². The quantitative estimate of drug-likeness (QED) is 0.796. The van der Waals surface area contributed by atoms with Crippen LogP contribution < -0.4 is 15.0 Å². The summed E-state index contributed by atoms with van der Waals surface area (Å²) in [6, 6.07) is 18.2. The Kier molecular flexibility index (Phi) is 5.36. The van der Waals surface area contributed by atoms with Gasteiger partial charge in [0.1, 0.15) is 5.75 Å². The van der Waals surface area contributed by atoms with Gasteiger partial charge in [-0.05, 0) is 37.1 Å². The molecule has 1 aliphatic rings. The summed E-state index contributed by atoms with van der Waals surface area (Å²) in [4.78, 5) is 14.6. The molecule has 4 nitrogen and oxygen atoms in total. The molecule has 2 aromatic carbocycles. The Morgan fingerprint density at radius 2 is 1.92 bits per heavy atom. The molecule has 0 aromatic heterocycles.